The summed E-state index contributed by atoms with van der Waals surface area (Å²) in [6.45, 7) is 7.13. The molecule has 0 amide bonds. The molecular weight excluding hydrogens is 258 g/mol. The molecular formula is C15H23NO2S. The van der Waals surface area contributed by atoms with Crippen LogP contribution in [-0.4, -0.2) is 30.9 Å². The number of ether oxygens (including phenoxy) is 1. The van der Waals surface area contributed by atoms with Crippen molar-refractivity contribution in [1.29, 1.82) is 0 Å². The van der Waals surface area contributed by atoms with Crippen LogP contribution in [0.1, 0.15) is 25.8 Å². The quantitative estimate of drug-likeness (QED) is 0.587. The highest BCUT2D eigenvalue weighted by molar-refractivity contribution is 7.99. The summed E-state index contributed by atoms with van der Waals surface area (Å²) in [5.41, 5.74) is 1.27. The second-order valence-electron chi connectivity index (χ2n) is 4.31. The molecule has 3 nitrogen and oxygen atoms in total. The van der Waals surface area contributed by atoms with Gasteiger partial charge in [0.05, 0.1) is 6.61 Å². The van der Waals surface area contributed by atoms with Gasteiger partial charge in [0.1, 0.15) is 6.04 Å². The van der Waals surface area contributed by atoms with Crippen molar-refractivity contribution in [3.63, 3.8) is 0 Å². The summed E-state index contributed by atoms with van der Waals surface area (Å²) < 4.78 is 5.06. The molecule has 0 aliphatic rings. The largest absolute Gasteiger partial charge is 0.465 e. The Morgan fingerprint density at radius 1 is 1.32 bits per heavy atom. The lowest BCUT2D eigenvalue weighted by Gasteiger charge is -2.15. The van der Waals surface area contributed by atoms with Gasteiger partial charge in [-0.15, -0.1) is 11.8 Å². The van der Waals surface area contributed by atoms with Crippen molar-refractivity contribution >= 4 is 17.7 Å². The van der Waals surface area contributed by atoms with E-state index >= 15 is 0 Å². The van der Waals surface area contributed by atoms with Crippen molar-refractivity contribution in [3.8, 4) is 0 Å². The second kappa shape index (κ2) is 8.99. The predicted octanol–water partition coefficient (Wildman–Crippen LogP) is 3.02. The van der Waals surface area contributed by atoms with E-state index in [2.05, 4.69) is 36.5 Å². The van der Waals surface area contributed by atoms with Crippen LogP contribution in [-0.2, 0) is 9.53 Å². The number of benzene rings is 1. The van der Waals surface area contributed by atoms with Gasteiger partial charge in [0.15, 0.2) is 0 Å². The van der Waals surface area contributed by atoms with Crippen LogP contribution in [0, 0.1) is 6.92 Å². The lowest BCUT2D eigenvalue weighted by molar-refractivity contribution is -0.145. The minimum absolute atomic E-state index is 0.145. The number of likely N-dealkylation sites (N-methyl/N-ethyl adjacent to an activating group) is 1. The molecule has 0 bridgehead atoms. The van der Waals surface area contributed by atoms with Gasteiger partial charge in [-0.1, -0.05) is 24.6 Å². The zero-order valence-electron chi connectivity index (χ0n) is 11.9. The summed E-state index contributed by atoms with van der Waals surface area (Å²) in [5, 5.41) is 3.17. The first-order valence-electron chi connectivity index (χ1n) is 6.76. The summed E-state index contributed by atoms with van der Waals surface area (Å²) in [7, 11) is 0. The number of thioether (sulfide) groups is 1. The molecule has 0 aliphatic carbocycles. The van der Waals surface area contributed by atoms with E-state index in [4.69, 9.17) is 4.74 Å². The van der Waals surface area contributed by atoms with E-state index in [0.717, 1.165) is 18.7 Å². The number of hydrogen-bond acceptors (Lipinski definition) is 4. The van der Waals surface area contributed by atoms with Crippen LogP contribution in [0.25, 0.3) is 0 Å². The third kappa shape index (κ3) is 6.12. The Morgan fingerprint density at radius 2 is 2.00 bits per heavy atom. The first-order chi connectivity index (χ1) is 9.17. The zero-order chi connectivity index (χ0) is 14.1. The van der Waals surface area contributed by atoms with Crippen LogP contribution >= 0.6 is 11.8 Å². The number of rotatable bonds is 8. The van der Waals surface area contributed by atoms with Gasteiger partial charge < -0.3 is 10.1 Å². The Morgan fingerprint density at radius 3 is 2.58 bits per heavy atom. The van der Waals surface area contributed by atoms with Crippen LogP contribution < -0.4 is 5.32 Å². The third-order valence-corrected chi connectivity index (χ3v) is 3.76. The smallest absolute Gasteiger partial charge is 0.323 e. The number of esters is 1. The van der Waals surface area contributed by atoms with Crippen molar-refractivity contribution in [3.05, 3.63) is 29.8 Å². The van der Waals surface area contributed by atoms with Crippen LogP contribution in [0.4, 0.5) is 0 Å². The van der Waals surface area contributed by atoms with Gasteiger partial charge in [-0.3, -0.25) is 4.79 Å². The van der Waals surface area contributed by atoms with E-state index in [1.54, 1.807) is 11.8 Å². The Hall–Kier alpha value is -1.00. The molecule has 1 N–H and O–H groups in total. The Labute approximate surface area is 120 Å². The molecule has 1 unspecified atom stereocenters. The molecule has 0 radical (unpaired) electrons. The maximum atomic E-state index is 11.7. The molecule has 1 aromatic rings. The van der Waals surface area contributed by atoms with E-state index in [1.807, 2.05) is 13.8 Å². The van der Waals surface area contributed by atoms with Crippen molar-refractivity contribution in [2.75, 3.05) is 18.9 Å². The summed E-state index contributed by atoms with van der Waals surface area (Å²) in [4.78, 5) is 13.0. The number of carbonyl (C=O) groups excluding carboxylic acids is 1. The molecule has 0 spiro atoms. The van der Waals surface area contributed by atoms with E-state index < -0.39 is 0 Å². The van der Waals surface area contributed by atoms with Gasteiger partial charge >= 0.3 is 5.97 Å². The molecule has 19 heavy (non-hydrogen) atoms. The Balaban J connectivity index is 2.39. The number of nitrogens with one attached hydrogen (secondary N) is 1. The van der Waals surface area contributed by atoms with Crippen molar-refractivity contribution in [2.24, 2.45) is 0 Å². The van der Waals surface area contributed by atoms with Gasteiger partial charge in [0.2, 0.25) is 0 Å². The molecule has 0 saturated carbocycles. The van der Waals surface area contributed by atoms with Crippen LogP contribution in [0.2, 0.25) is 0 Å². The van der Waals surface area contributed by atoms with Gasteiger partial charge in [-0.25, -0.2) is 0 Å². The molecule has 0 aliphatic heterocycles. The maximum Gasteiger partial charge on any atom is 0.323 e. The van der Waals surface area contributed by atoms with E-state index in [-0.39, 0.29) is 12.0 Å². The third-order valence-electron chi connectivity index (χ3n) is 2.72. The maximum absolute atomic E-state index is 11.7. The summed E-state index contributed by atoms with van der Waals surface area (Å²) in [6, 6.07) is 8.26. The van der Waals surface area contributed by atoms with Crippen LogP contribution in [0.3, 0.4) is 0 Å². The Kier molecular flexibility index (Phi) is 7.60. The fourth-order valence-electron chi connectivity index (χ4n) is 1.72. The molecule has 1 atom stereocenters. The lowest BCUT2D eigenvalue weighted by atomic mass is 10.2. The van der Waals surface area contributed by atoms with E-state index in [1.165, 1.54) is 10.5 Å². The number of hydrogen-bond donors (Lipinski definition) is 1. The zero-order valence-corrected chi connectivity index (χ0v) is 12.8. The minimum atomic E-state index is -0.192. The first kappa shape index (κ1) is 16.1. The fourth-order valence-corrected chi connectivity index (χ4v) is 2.64. The average molecular weight is 281 g/mol. The van der Waals surface area contributed by atoms with Crippen molar-refractivity contribution in [1.82, 2.24) is 5.32 Å². The highest BCUT2D eigenvalue weighted by atomic mass is 32.2. The number of aryl methyl sites for hydroxylation is 1. The van der Waals surface area contributed by atoms with Crippen molar-refractivity contribution < 1.29 is 9.53 Å². The lowest BCUT2D eigenvalue weighted by Crippen LogP contribution is -2.38. The molecule has 0 fully saturated rings. The average Bonchev–Trinajstić information content (AvgIpc) is 2.40. The molecule has 1 aromatic carbocycles. The van der Waals surface area contributed by atoms with Crippen molar-refractivity contribution in [2.45, 2.75) is 38.1 Å². The molecule has 0 saturated heterocycles. The van der Waals surface area contributed by atoms with E-state index in [0.29, 0.717) is 6.61 Å². The molecule has 0 heterocycles. The van der Waals surface area contributed by atoms with Gasteiger partial charge in [0, 0.05) is 10.6 Å². The summed E-state index contributed by atoms with van der Waals surface area (Å²) in [6.07, 6.45) is 0.783. The predicted molar refractivity (Wildman–Crippen MR) is 80.6 cm³/mol. The van der Waals surface area contributed by atoms with Gasteiger partial charge in [0.25, 0.3) is 0 Å². The second-order valence-corrected chi connectivity index (χ2v) is 5.48. The first-order valence-corrected chi connectivity index (χ1v) is 7.75. The van der Waals surface area contributed by atoms with Gasteiger partial charge in [-0.2, -0.15) is 0 Å². The van der Waals surface area contributed by atoms with Gasteiger partial charge in [-0.05, 0) is 38.9 Å². The highest BCUT2D eigenvalue weighted by Gasteiger charge is 2.17. The normalized spacial score (nSPS) is 12.2. The van der Waals surface area contributed by atoms with Crippen LogP contribution in [0.15, 0.2) is 29.2 Å². The molecule has 4 heteroatoms. The summed E-state index contributed by atoms with van der Waals surface area (Å²) >= 11 is 1.77. The van der Waals surface area contributed by atoms with E-state index in [9.17, 15) is 4.79 Å². The molecule has 0 aromatic heterocycles. The SMILES string of the molecule is CCNC(CCSc1ccc(C)cc1)C(=O)OCC. The standard InChI is InChI=1S/C15H23NO2S/c1-4-16-14(15(17)18-5-2)10-11-19-13-8-6-12(3)7-9-13/h6-9,14,16H,4-5,10-11H2,1-3H3. The number of carbonyl (C=O) groups is 1. The summed E-state index contributed by atoms with van der Waals surface area (Å²) in [5.74, 6) is 0.758. The van der Waals surface area contributed by atoms with Crippen LogP contribution in [0.5, 0.6) is 0 Å². The minimum Gasteiger partial charge on any atom is -0.465 e. The highest BCUT2D eigenvalue weighted by Crippen LogP contribution is 2.19. The topological polar surface area (TPSA) is 38.3 Å². The Bertz CT molecular complexity index is 378. The molecule has 1 rings (SSSR count). The molecule has 106 valence electrons. The monoisotopic (exact) mass is 281 g/mol. The fraction of sp³-hybridized carbons (Fsp3) is 0.533.